The number of carbonyl (C=O) groups excluding carboxylic acids is 1. The standard InChI is InChI=1S/C30H24Cl2N4OS/c1-20-6-5-7-21(16-20)19-38-30-35-34-28(36(30)27-17-25(31)14-15-26(27)32)18-33-29(37)24-12-10-23(11-13-24)22-8-3-2-4-9-22/h2-17H,18-19H2,1H3,(H,33,37). The summed E-state index contributed by atoms with van der Waals surface area (Å²) in [5.41, 5.74) is 5.74. The highest BCUT2D eigenvalue weighted by atomic mass is 35.5. The molecule has 8 heteroatoms. The van der Waals surface area contributed by atoms with E-state index in [1.807, 2.05) is 65.2 Å². The average Bonchev–Trinajstić information content (AvgIpc) is 3.35. The molecule has 4 aromatic carbocycles. The van der Waals surface area contributed by atoms with E-state index in [0.717, 1.165) is 11.1 Å². The summed E-state index contributed by atoms with van der Waals surface area (Å²) in [4.78, 5) is 13.0. The quantitative estimate of drug-likeness (QED) is 0.197. The third kappa shape index (κ3) is 6.10. The molecule has 0 aliphatic heterocycles. The number of benzene rings is 4. The molecule has 0 bridgehead atoms. The van der Waals surface area contributed by atoms with Crippen molar-refractivity contribution >= 4 is 40.9 Å². The molecule has 0 aliphatic rings. The second-order valence-electron chi connectivity index (χ2n) is 8.73. The van der Waals surface area contributed by atoms with E-state index >= 15 is 0 Å². The molecule has 5 nitrogen and oxygen atoms in total. The summed E-state index contributed by atoms with van der Waals surface area (Å²) >= 11 is 14.4. The first-order chi connectivity index (χ1) is 18.5. The zero-order chi connectivity index (χ0) is 26.5. The number of aryl methyl sites for hydroxylation is 1. The molecule has 0 fully saturated rings. The van der Waals surface area contributed by atoms with Crippen LogP contribution in [0.2, 0.25) is 10.0 Å². The van der Waals surface area contributed by atoms with E-state index in [9.17, 15) is 4.79 Å². The van der Waals surface area contributed by atoms with Crippen molar-refractivity contribution in [2.75, 3.05) is 0 Å². The largest absolute Gasteiger partial charge is 0.345 e. The summed E-state index contributed by atoms with van der Waals surface area (Å²) in [6.07, 6.45) is 0. The van der Waals surface area contributed by atoms with Crippen LogP contribution in [0.4, 0.5) is 0 Å². The van der Waals surface area contributed by atoms with Gasteiger partial charge in [0.25, 0.3) is 5.91 Å². The Bertz CT molecular complexity index is 1570. The van der Waals surface area contributed by atoms with Gasteiger partial charge in [0, 0.05) is 16.3 Å². The summed E-state index contributed by atoms with van der Waals surface area (Å²) in [6.45, 7) is 2.23. The van der Waals surface area contributed by atoms with Crippen LogP contribution in [0.15, 0.2) is 102 Å². The lowest BCUT2D eigenvalue weighted by Crippen LogP contribution is -2.24. The molecular formula is C30H24Cl2N4OS. The molecule has 0 unspecified atom stereocenters. The summed E-state index contributed by atoms with van der Waals surface area (Å²) in [6, 6.07) is 31.1. The maximum Gasteiger partial charge on any atom is 0.251 e. The van der Waals surface area contributed by atoms with Crippen LogP contribution in [0, 0.1) is 6.92 Å². The van der Waals surface area contributed by atoms with Gasteiger partial charge in [0.15, 0.2) is 11.0 Å². The van der Waals surface area contributed by atoms with E-state index in [1.54, 1.807) is 30.0 Å². The molecule has 0 saturated heterocycles. The fourth-order valence-corrected chi connectivity index (χ4v) is 5.34. The first-order valence-corrected chi connectivity index (χ1v) is 13.7. The van der Waals surface area contributed by atoms with Crippen LogP contribution in [0.5, 0.6) is 0 Å². The molecule has 1 aromatic heterocycles. The zero-order valence-corrected chi connectivity index (χ0v) is 22.9. The molecule has 0 saturated carbocycles. The minimum Gasteiger partial charge on any atom is -0.345 e. The molecule has 5 rings (SSSR count). The second kappa shape index (κ2) is 11.9. The van der Waals surface area contributed by atoms with E-state index in [1.165, 1.54) is 11.1 Å². The summed E-state index contributed by atoms with van der Waals surface area (Å²) in [5.74, 6) is 1.05. The minimum absolute atomic E-state index is 0.167. The maximum atomic E-state index is 13.0. The van der Waals surface area contributed by atoms with Crippen LogP contribution in [-0.2, 0) is 12.3 Å². The van der Waals surface area contributed by atoms with E-state index in [4.69, 9.17) is 23.2 Å². The van der Waals surface area contributed by atoms with Gasteiger partial charge in [0.05, 0.1) is 17.3 Å². The summed E-state index contributed by atoms with van der Waals surface area (Å²) < 4.78 is 1.85. The molecule has 0 radical (unpaired) electrons. The highest BCUT2D eigenvalue weighted by Gasteiger charge is 2.18. The molecule has 1 heterocycles. The van der Waals surface area contributed by atoms with Crippen molar-refractivity contribution in [1.82, 2.24) is 20.1 Å². The van der Waals surface area contributed by atoms with Crippen LogP contribution < -0.4 is 5.32 Å². The van der Waals surface area contributed by atoms with Gasteiger partial charge in [-0.15, -0.1) is 10.2 Å². The van der Waals surface area contributed by atoms with Crippen molar-refractivity contribution in [3.63, 3.8) is 0 Å². The number of nitrogens with one attached hydrogen (secondary N) is 1. The van der Waals surface area contributed by atoms with E-state index in [2.05, 4.69) is 40.6 Å². The Morgan fingerprint density at radius 1 is 0.868 bits per heavy atom. The molecule has 0 spiro atoms. The van der Waals surface area contributed by atoms with Crippen molar-refractivity contribution in [2.45, 2.75) is 24.4 Å². The lowest BCUT2D eigenvalue weighted by atomic mass is 10.0. The summed E-state index contributed by atoms with van der Waals surface area (Å²) in [5, 5.41) is 13.5. The van der Waals surface area contributed by atoms with Crippen molar-refractivity contribution in [1.29, 1.82) is 0 Å². The average molecular weight is 560 g/mol. The Hall–Kier alpha value is -3.58. The number of nitrogens with zero attached hydrogens (tertiary/aromatic N) is 3. The topological polar surface area (TPSA) is 59.8 Å². The fraction of sp³-hybridized carbons (Fsp3) is 0.100. The molecule has 0 aliphatic carbocycles. The normalized spacial score (nSPS) is 10.9. The smallest absolute Gasteiger partial charge is 0.251 e. The molecule has 1 amide bonds. The van der Waals surface area contributed by atoms with Crippen LogP contribution in [-0.4, -0.2) is 20.7 Å². The Balaban J connectivity index is 1.36. The van der Waals surface area contributed by atoms with Crippen LogP contribution in [0.3, 0.4) is 0 Å². The van der Waals surface area contributed by atoms with Gasteiger partial charge in [0.2, 0.25) is 0 Å². The van der Waals surface area contributed by atoms with Crippen molar-refractivity contribution in [2.24, 2.45) is 0 Å². The fourth-order valence-electron chi connectivity index (χ4n) is 4.06. The van der Waals surface area contributed by atoms with Crippen LogP contribution in [0.1, 0.15) is 27.3 Å². The number of hydrogen-bond donors (Lipinski definition) is 1. The Kier molecular flexibility index (Phi) is 8.13. The minimum atomic E-state index is -0.203. The second-order valence-corrected chi connectivity index (χ2v) is 10.5. The number of rotatable bonds is 8. The van der Waals surface area contributed by atoms with Crippen LogP contribution >= 0.6 is 35.0 Å². The number of thioether (sulfide) groups is 1. The van der Waals surface area contributed by atoms with Gasteiger partial charge in [-0.1, -0.05) is 107 Å². The highest BCUT2D eigenvalue weighted by molar-refractivity contribution is 7.98. The molecule has 0 atom stereocenters. The Morgan fingerprint density at radius 2 is 1.63 bits per heavy atom. The van der Waals surface area contributed by atoms with Gasteiger partial charge in [-0.05, 0) is 53.9 Å². The van der Waals surface area contributed by atoms with E-state index in [-0.39, 0.29) is 12.5 Å². The monoisotopic (exact) mass is 558 g/mol. The van der Waals surface area contributed by atoms with Gasteiger partial charge in [0.1, 0.15) is 0 Å². The number of hydrogen-bond acceptors (Lipinski definition) is 4. The summed E-state index contributed by atoms with van der Waals surface area (Å²) in [7, 11) is 0. The van der Waals surface area contributed by atoms with Crippen molar-refractivity contribution in [3.05, 3.63) is 130 Å². The first-order valence-electron chi connectivity index (χ1n) is 12.0. The predicted molar refractivity (Wildman–Crippen MR) is 155 cm³/mol. The number of halogens is 2. The Morgan fingerprint density at radius 3 is 2.39 bits per heavy atom. The lowest BCUT2D eigenvalue weighted by Gasteiger charge is -2.13. The van der Waals surface area contributed by atoms with Gasteiger partial charge in [-0.2, -0.15) is 0 Å². The van der Waals surface area contributed by atoms with E-state index in [0.29, 0.717) is 38.0 Å². The molecule has 1 N–H and O–H groups in total. The maximum absolute atomic E-state index is 13.0. The first kappa shape index (κ1) is 26.0. The van der Waals surface area contributed by atoms with Gasteiger partial charge < -0.3 is 5.32 Å². The van der Waals surface area contributed by atoms with E-state index < -0.39 is 0 Å². The highest BCUT2D eigenvalue weighted by Crippen LogP contribution is 2.31. The lowest BCUT2D eigenvalue weighted by molar-refractivity contribution is 0.0949. The molecule has 5 aromatic rings. The third-order valence-electron chi connectivity index (χ3n) is 5.96. The Labute approximate surface area is 235 Å². The van der Waals surface area contributed by atoms with Crippen molar-refractivity contribution in [3.8, 4) is 16.8 Å². The predicted octanol–water partition coefficient (Wildman–Crippen LogP) is 7.77. The molecule has 38 heavy (non-hydrogen) atoms. The van der Waals surface area contributed by atoms with Gasteiger partial charge in [-0.3, -0.25) is 9.36 Å². The third-order valence-corrected chi connectivity index (χ3v) is 7.52. The SMILES string of the molecule is Cc1cccc(CSc2nnc(CNC(=O)c3ccc(-c4ccccc4)cc3)n2-c2cc(Cl)ccc2Cl)c1. The van der Waals surface area contributed by atoms with Gasteiger partial charge in [-0.25, -0.2) is 0 Å². The number of carbonyl (C=O) groups is 1. The molecular weight excluding hydrogens is 535 g/mol. The zero-order valence-electron chi connectivity index (χ0n) is 20.6. The number of amides is 1. The molecule has 190 valence electrons. The van der Waals surface area contributed by atoms with Gasteiger partial charge >= 0.3 is 0 Å². The number of aromatic nitrogens is 3. The van der Waals surface area contributed by atoms with Crippen molar-refractivity contribution < 1.29 is 4.79 Å². The van der Waals surface area contributed by atoms with Crippen LogP contribution in [0.25, 0.3) is 16.8 Å².